The number of likely N-dealkylation sites (tertiary alicyclic amines) is 1. The van der Waals surface area contributed by atoms with Gasteiger partial charge in [-0.2, -0.15) is 0 Å². The summed E-state index contributed by atoms with van der Waals surface area (Å²) in [7, 11) is 1.63. The minimum atomic E-state index is -0.0249. The molecule has 0 radical (unpaired) electrons. The molecule has 0 unspecified atom stereocenters. The first kappa shape index (κ1) is 19.6. The van der Waals surface area contributed by atoms with Gasteiger partial charge < -0.3 is 14.8 Å². The van der Waals surface area contributed by atoms with E-state index in [1.807, 2.05) is 29.6 Å². The van der Waals surface area contributed by atoms with Gasteiger partial charge in [0.05, 0.1) is 32.3 Å². The number of ether oxygens (including phenoxy) is 2. The van der Waals surface area contributed by atoms with E-state index in [1.54, 1.807) is 18.4 Å². The first-order valence-corrected chi connectivity index (χ1v) is 10.3. The third kappa shape index (κ3) is 6.52. The fourth-order valence-corrected chi connectivity index (χ4v) is 3.91. The quantitative estimate of drug-likeness (QED) is 0.668. The summed E-state index contributed by atoms with van der Waals surface area (Å²) >= 11 is 1.65. The number of nitrogens with one attached hydrogen (secondary N) is 1. The van der Waals surface area contributed by atoms with Crippen molar-refractivity contribution in [1.29, 1.82) is 0 Å². The maximum Gasteiger partial charge on any atom is 0.226 e. The van der Waals surface area contributed by atoms with Gasteiger partial charge in [0.25, 0.3) is 0 Å². The largest absolute Gasteiger partial charge is 0.497 e. The maximum absolute atomic E-state index is 12.1. The third-order valence-electron chi connectivity index (χ3n) is 4.50. The summed E-state index contributed by atoms with van der Waals surface area (Å²) in [6.45, 7) is 4.11. The fourth-order valence-electron chi connectivity index (χ4n) is 3.07. The van der Waals surface area contributed by atoms with Crippen molar-refractivity contribution in [3.8, 4) is 11.5 Å². The second-order valence-electron chi connectivity index (χ2n) is 6.62. The molecule has 146 valence electrons. The van der Waals surface area contributed by atoms with Crippen LogP contribution in [0.4, 0.5) is 0 Å². The van der Waals surface area contributed by atoms with Crippen molar-refractivity contribution >= 4 is 17.2 Å². The number of amides is 1. The Balaban J connectivity index is 1.34. The lowest BCUT2D eigenvalue weighted by atomic mass is 10.1. The second kappa shape index (κ2) is 10.3. The number of benzene rings is 1. The first-order chi connectivity index (χ1) is 13.2. The second-order valence-corrected chi connectivity index (χ2v) is 7.56. The molecule has 1 aliphatic heterocycles. The smallest absolute Gasteiger partial charge is 0.226 e. The average molecular weight is 390 g/mol. The molecule has 0 aliphatic carbocycles. The molecule has 0 spiro atoms. The van der Waals surface area contributed by atoms with Crippen LogP contribution >= 0.6 is 11.3 Å². The minimum Gasteiger partial charge on any atom is -0.497 e. The summed E-state index contributed by atoms with van der Waals surface area (Å²) in [4.78, 5) is 19.1. The van der Waals surface area contributed by atoms with Crippen LogP contribution in [0.3, 0.4) is 0 Å². The highest BCUT2D eigenvalue weighted by Gasteiger charge is 2.13. The molecule has 1 aromatic heterocycles. The number of aromatic nitrogens is 1. The molecule has 1 N–H and O–H groups in total. The van der Waals surface area contributed by atoms with Gasteiger partial charge in [-0.3, -0.25) is 9.69 Å². The molecule has 2 heterocycles. The van der Waals surface area contributed by atoms with Crippen LogP contribution in [0.5, 0.6) is 11.5 Å². The Hall–Kier alpha value is -2.12. The third-order valence-corrected chi connectivity index (χ3v) is 5.38. The lowest BCUT2D eigenvalue weighted by Crippen LogP contribution is -2.30. The van der Waals surface area contributed by atoms with Crippen molar-refractivity contribution in [2.75, 3.05) is 33.4 Å². The zero-order valence-corrected chi connectivity index (χ0v) is 16.6. The molecule has 0 atom stereocenters. The SMILES string of the molecule is COc1ccc(OCCNC(=O)Cc2csc(CN3CCCCC3)n2)cc1. The van der Waals surface area contributed by atoms with Gasteiger partial charge in [0, 0.05) is 5.38 Å². The van der Waals surface area contributed by atoms with Crippen LogP contribution in [0.15, 0.2) is 29.6 Å². The minimum absolute atomic E-state index is 0.0249. The molecule has 6 nitrogen and oxygen atoms in total. The average Bonchev–Trinajstić information content (AvgIpc) is 3.13. The highest BCUT2D eigenvalue weighted by molar-refractivity contribution is 7.09. The highest BCUT2D eigenvalue weighted by Crippen LogP contribution is 2.17. The standard InChI is InChI=1S/C20H27N3O3S/c1-25-17-5-7-18(8-6-17)26-12-9-21-19(24)13-16-15-27-20(22-16)14-23-10-3-2-4-11-23/h5-8,15H,2-4,9-14H2,1H3,(H,21,24). The summed E-state index contributed by atoms with van der Waals surface area (Å²) in [5, 5.41) is 5.97. The van der Waals surface area contributed by atoms with E-state index in [1.165, 1.54) is 19.3 Å². The maximum atomic E-state index is 12.1. The van der Waals surface area contributed by atoms with Crippen molar-refractivity contribution < 1.29 is 14.3 Å². The molecule has 1 amide bonds. The van der Waals surface area contributed by atoms with Gasteiger partial charge >= 0.3 is 0 Å². The summed E-state index contributed by atoms with van der Waals surface area (Å²) in [5.74, 6) is 1.52. The normalized spacial score (nSPS) is 14.7. The van der Waals surface area contributed by atoms with Crippen LogP contribution in [0.25, 0.3) is 0 Å². The molecule has 1 aromatic carbocycles. The van der Waals surface area contributed by atoms with E-state index in [4.69, 9.17) is 9.47 Å². The number of thiazole rings is 1. The number of carbonyl (C=O) groups is 1. The van der Waals surface area contributed by atoms with Gasteiger partial charge in [-0.1, -0.05) is 6.42 Å². The molecule has 0 bridgehead atoms. The van der Waals surface area contributed by atoms with Gasteiger partial charge in [0.15, 0.2) is 0 Å². The van der Waals surface area contributed by atoms with Crippen LogP contribution in [0, 0.1) is 0 Å². The Labute approximate surface area is 164 Å². The van der Waals surface area contributed by atoms with Crippen molar-refractivity contribution in [3.63, 3.8) is 0 Å². The van der Waals surface area contributed by atoms with E-state index in [0.717, 1.165) is 41.8 Å². The number of piperidine rings is 1. The number of carbonyl (C=O) groups excluding carboxylic acids is 1. The summed E-state index contributed by atoms with van der Waals surface area (Å²) in [6, 6.07) is 7.38. The lowest BCUT2D eigenvalue weighted by Gasteiger charge is -2.25. The van der Waals surface area contributed by atoms with Crippen molar-refractivity contribution in [2.24, 2.45) is 0 Å². The van der Waals surface area contributed by atoms with Crippen molar-refractivity contribution in [1.82, 2.24) is 15.2 Å². The number of methoxy groups -OCH3 is 1. The van der Waals surface area contributed by atoms with Gasteiger partial charge in [0.2, 0.25) is 5.91 Å². The Morgan fingerprint density at radius 3 is 2.67 bits per heavy atom. The van der Waals surface area contributed by atoms with Crippen LogP contribution in [0.2, 0.25) is 0 Å². The molecule has 0 saturated carbocycles. The molecule has 3 rings (SSSR count). The Kier molecular flexibility index (Phi) is 7.47. The number of hydrogen-bond donors (Lipinski definition) is 1. The van der Waals surface area contributed by atoms with Gasteiger partial charge in [-0.25, -0.2) is 4.98 Å². The number of hydrogen-bond acceptors (Lipinski definition) is 6. The fraction of sp³-hybridized carbons (Fsp3) is 0.500. The van der Waals surface area contributed by atoms with Gasteiger partial charge in [-0.05, 0) is 50.2 Å². The van der Waals surface area contributed by atoms with E-state index in [2.05, 4.69) is 15.2 Å². The Morgan fingerprint density at radius 2 is 1.93 bits per heavy atom. The summed E-state index contributed by atoms with van der Waals surface area (Å²) < 4.78 is 10.7. The Morgan fingerprint density at radius 1 is 1.19 bits per heavy atom. The predicted octanol–water partition coefficient (Wildman–Crippen LogP) is 2.88. The van der Waals surface area contributed by atoms with E-state index in [9.17, 15) is 4.79 Å². The van der Waals surface area contributed by atoms with Crippen LogP contribution in [-0.2, 0) is 17.8 Å². The van der Waals surface area contributed by atoms with Crippen molar-refractivity contribution in [2.45, 2.75) is 32.2 Å². The molecule has 1 aliphatic rings. The van der Waals surface area contributed by atoms with E-state index < -0.39 is 0 Å². The van der Waals surface area contributed by atoms with E-state index in [-0.39, 0.29) is 5.91 Å². The topological polar surface area (TPSA) is 63.7 Å². The highest BCUT2D eigenvalue weighted by atomic mass is 32.1. The molecule has 27 heavy (non-hydrogen) atoms. The lowest BCUT2D eigenvalue weighted by molar-refractivity contribution is -0.120. The van der Waals surface area contributed by atoms with Crippen LogP contribution < -0.4 is 14.8 Å². The van der Waals surface area contributed by atoms with E-state index in [0.29, 0.717) is 19.6 Å². The molecule has 7 heteroatoms. The summed E-state index contributed by atoms with van der Waals surface area (Å²) in [5.41, 5.74) is 0.848. The van der Waals surface area contributed by atoms with Crippen LogP contribution in [0.1, 0.15) is 30.0 Å². The van der Waals surface area contributed by atoms with E-state index >= 15 is 0 Å². The molecule has 1 fully saturated rings. The Bertz CT molecular complexity index is 712. The zero-order valence-electron chi connectivity index (χ0n) is 15.8. The predicted molar refractivity (Wildman–Crippen MR) is 106 cm³/mol. The van der Waals surface area contributed by atoms with Crippen LogP contribution in [-0.4, -0.2) is 49.1 Å². The number of rotatable bonds is 9. The van der Waals surface area contributed by atoms with Gasteiger partial charge in [-0.15, -0.1) is 11.3 Å². The molecule has 1 saturated heterocycles. The molecular formula is C20H27N3O3S. The van der Waals surface area contributed by atoms with Gasteiger partial charge in [0.1, 0.15) is 23.1 Å². The first-order valence-electron chi connectivity index (χ1n) is 9.42. The zero-order chi connectivity index (χ0) is 18.9. The monoisotopic (exact) mass is 389 g/mol. The number of nitrogens with zero attached hydrogens (tertiary/aromatic N) is 2. The summed E-state index contributed by atoms with van der Waals surface area (Å²) in [6.07, 6.45) is 4.21. The molecule has 2 aromatic rings. The molecular weight excluding hydrogens is 362 g/mol. The van der Waals surface area contributed by atoms with Crippen molar-refractivity contribution in [3.05, 3.63) is 40.3 Å².